The van der Waals surface area contributed by atoms with E-state index in [1.807, 2.05) is 0 Å². The van der Waals surface area contributed by atoms with Crippen LogP contribution in [0.5, 0.6) is 0 Å². The summed E-state index contributed by atoms with van der Waals surface area (Å²) in [4.78, 5) is 65.1. The van der Waals surface area contributed by atoms with Crippen LogP contribution in [0, 0.1) is 10.1 Å². The number of aromatic nitrogens is 2. The Kier molecular flexibility index (Phi) is 8.00. The molecule has 0 bridgehead atoms. The number of nitrogens with one attached hydrogen (secondary N) is 1. The van der Waals surface area contributed by atoms with Crippen molar-refractivity contribution in [2.24, 2.45) is 0 Å². The minimum Gasteiger partial charge on any atom is -0.462 e. The quantitative estimate of drug-likeness (QED) is 0.259. The van der Waals surface area contributed by atoms with E-state index in [9.17, 15) is 29.3 Å². The van der Waals surface area contributed by atoms with E-state index in [-0.39, 0.29) is 42.3 Å². The summed E-state index contributed by atoms with van der Waals surface area (Å²) in [6.07, 6.45) is 0.391. The lowest BCUT2D eigenvalue weighted by Crippen LogP contribution is -2.41. The molecule has 2 aromatic carbocycles. The largest absolute Gasteiger partial charge is 0.462 e. The number of carbonyl (C=O) groups is 2. The Morgan fingerprint density at radius 1 is 1.11 bits per heavy atom. The Hall–Kier alpha value is -4.74. The number of nitrogen functional groups attached to an aromatic ring is 1. The number of ether oxygens (including phenoxy) is 1. The van der Waals surface area contributed by atoms with Gasteiger partial charge in [-0.15, -0.1) is 0 Å². The zero-order chi connectivity index (χ0) is 26.4. The van der Waals surface area contributed by atoms with Crippen LogP contribution in [0.4, 0.5) is 17.2 Å². The highest BCUT2D eigenvalue weighted by Gasteiger charge is 2.27. The van der Waals surface area contributed by atoms with Crippen LogP contribution in [0.2, 0.25) is 0 Å². The molecule has 0 radical (unpaired) electrons. The molecule has 0 atom stereocenters. The number of nitrogens with two attached hydrogens (primary N) is 1. The van der Waals surface area contributed by atoms with Crippen LogP contribution in [0.1, 0.15) is 46.5 Å². The Labute approximate surface area is 205 Å². The number of nitro groups is 1. The molecule has 0 aliphatic heterocycles. The SMILES string of the molecule is CCCN(C(=O)c1cc(C(=O)OCC)cc([N+](=O)[O-])c1)c1c(N)n(Cc2ccccc2)c(=O)[nH]c1=O. The molecule has 188 valence electrons. The Morgan fingerprint density at radius 3 is 2.39 bits per heavy atom. The number of anilines is 2. The molecule has 12 heteroatoms. The van der Waals surface area contributed by atoms with E-state index in [4.69, 9.17) is 10.5 Å². The van der Waals surface area contributed by atoms with E-state index in [1.54, 1.807) is 44.2 Å². The summed E-state index contributed by atoms with van der Waals surface area (Å²) in [6.45, 7) is 3.40. The predicted molar refractivity (Wildman–Crippen MR) is 132 cm³/mol. The van der Waals surface area contributed by atoms with E-state index < -0.39 is 33.7 Å². The topological polar surface area (TPSA) is 171 Å². The van der Waals surface area contributed by atoms with E-state index in [0.717, 1.165) is 33.2 Å². The van der Waals surface area contributed by atoms with Gasteiger partial charge in [-0.1, -0.05) is 37.3 Å². The summed E-state index contributed by atoms with van der Waals surface area (Å²) in [7, 11) is 0. The van der Waals surface area contributed by atoms with E-state index in [0.29, 0.717) is 6.42 Å². The highest BCUT2D eigenvalue weighted by molar-refractivity contribution is 6.08. The monoisotopic (exact) mass is 495 g/mol. The van der Waals surface area contributed by atoms with Gasteiger partial charge in [0, 0.05) is 24.2 Å². The second-order valence-electron chi connectivity index (χ2n) is 7.77. The van der Waals surface area contributed by atoms with Gasteiger partial charge >= 0.3 is 11.7 Å². The molecule has 1 amide bonds. The number of carbonyl (C=O) groups excluding carboxylic acids is 2. The molecule has 0 saturated heterocycles. The third-order valence-electron chi connectivity index (χ3n) is 5.25. The number of rotatable bonds is 9. The van der Waals surface area contributed by atoms with Crippen LogP contribution in [-0.2, 0) is 11.3 Å². The van der Waals surface area contributed by atoms with Gasteiger partial charge in [-0.2, -0.15) is 0 Å². The molecule has 0 fully saturated rings. The van der Waals surface area contributed by atoms with Crippen molar-refractivity contribution in [1.29, 1.82) is 0 Å². The maximum absolute atomic E-state index is 13.6. The minimum absolute atomic E-state index is 0.00703. The van der Waals surface area contributed by atoms with Crippen molar-refractivity contribution in [3.63, 3.8) is 0 Å². The number of benzene rings is 2. The van der Waals surface area contributed by atoms with Crippen LogP contribution in [-0.4, -0.2) is 39.5 Å². The highest BCUT2D eigenvalue weighted by Crippen LogP contribution is 2.24. The molecule has 36 heavy (non-hydrogen) atoms. The van der Waals surface area contributed by atoms with Crippen molar-refractivity contribution in [2.45, 2.75) is 26.8 Å². The van der Waals surface area contributed by atoms with Crippen LogP contribution in [0.25, 0.3) is 0 Å². The lowest BCUT2D eigenvalue weighted by atomic mass is 10.1. The molecule has 1 heterocycles. The van der Waals surface area contributed by atoms with Crippen molar-refractivity contribution in [3.8, 4) is 0 Å². The van der Waals surface area contributed by atoms with E-state index in [2.05, 4.69) is 4.98 Å². The van der Waals surface area contributed by atoms with Gasteiger partial charge in [0.25, 0.3) is 17.2 Å². The van der Waals surface area contributed by atoms with Gasteiger partial charge in [0.1, 0.15) is 5.82 Å². The summed E-state index contributed by atoms with van der Waals surface area (Å²) >= 11 is 0. The number of hydrogen-bond donors (Lipinski definition) is 2. The predicted octanol–water partition coefficient (Wildman–Crippen LogP) is 2.31. The second kappa shape index (κ2) is 11.1. The molecule has 0 unspecified atom stereocenters. The summed E-state index contributed by atoms with van der Waals surface area (Å²) in [5.74, 6) is -1.90. The summed E-state index contributed by atoms with van der Waals surface area (Å²) < 4.78 is 6.04. The Balaban J connectivity index is 2.15. The Bertz CT molecular complexity index is 1410. The number of aromatic amines is 1. The van der Waals surface area contributed by atoms with Gasteiger partial charge in [0.2, 0.25) is 0 Å². The lowest BCUT2D eigenvalue weighted by molar-refractivity contribution is -0.384. The van der Waals surface area contributed by atoms with Gasteiger partial charge in [0.15, 0.2) is 5.69 Å². The van der Waals surface area contributed by atoms with Crippen molar-refractivity contribution in [1.82, 2.24) is 9.55 Å². The standard InChI is InChI=1S/C24H25N5O7/c1-3-10-27(22(31)16-11-17(23(32)36-4-2)13-18(12-16)29(34)35)19-20(25)28(24(33)26-21(19)30)14-15-8-6-5-7-9-15/h5-9,11-13H,3-4,10,14,25H2,1-2H3,(H,26,30,33). The molecule has 3 aromatic rings. The van der Waals surface area contributed by atoms with E-state index in [1.165, 1.54) is 0 Å². The van der Waals surface area contributed by atoms with Crippen molar-refractivity contribution in [3.05, 3.63) is 96.2 Å². The number of non-ortho nitro benzene ring substituents is 1. The van der Waals surface area contributed by atoms with Crippen LogP contribution in [0.3, 0.4) is 0 Å². The first-order valence-electron chi connectivity index (χ1n) is 11.1. The van der Waals surface area contributed by atoms with E-state index >= 15 is 0 Å². The molecule has 3 rings (SSSR count). The third kappa shape index (κ3) is 5.49. The van der Waals surface area contributed by atoms with Crippen molar-refractivity contribution in [2.75, 3.05) is 23.8 Å². The molecule has 1 aromatic heterocycles. The number of amides is 1. The third-order valence-corrected chi connectivity index (χ3v) is 5.25. The Morgan fingerprint density at radius 2 is 1.78 bits per heavy atom. The fourth-order valence-corrected chi connectivity index (χ4v) is 3.63. The molecule has 0 aliphatic rings. The number of H-pyrrole nitrogens is 1. The first-order valence-corrected chi connectivity index (χ1v) is 11.1. The number of hydrogen-bond acceptors (Lipinski definition) is 8. The number of nitrogens with zero attached hydrogens (tertiary/aromatic N) is 3. The first kappa shape index (κ1) is 25.9. The molecular weight excluding hydrogens is 470 g/mol. The van der Waals surface area contributed by atoms with Crippen molar-refractivity contribution < 1.29 is 19.2 Å². The normalized spacial score (nSPS) is 10.6. The van der Waals surface area contributed by atoms with Gasteiger partial charge in [-0.25, -0.2) is 9.59 Å². The molecule has 12 nitrogen and oxygen atoms in total. The van der Waals surface area contributed by atoms with Gasteiger partial charge in [0.05, 0.1) is 23.6 Å². The maximum Gasteiger partial charge on any atom is 0.338 e. The molecule has 0 saturated carbocycles. The molecule has 0 spiro atoms. The number of esters is 1. The summed E-state index contributed by atoms with van der Waals surface area (Å²) in [5, 5.41) is 11.5. The smallest absolute Gasteiger partial charge is 0.338 e. The number of nitro benzene ring substituents is 1. The zero-order valence-corrected chi connectivity index (χ0v) is 19.7. The van der Waals surface area contributed by atoms with Crippen LogP contribution in [0.15, 0.2) is 58.1 Å². The van der Waals surface area contributed by atoms with Crippen LogP contribution < -0.4 is 21.9 Å². The zero-order valence-electron chi connectivity index (χ0n) is 19.7. The van der Waals surface area contributed by atoms with Gasteiger partial charge in [-0.3, -0.25) is 29.3 Å². The summed E-state index contributed by atoms with van der Waals surface area (Å²) in [5.41, 5.74) is 4.13. The minimum atomic E-state index is -0.889. The lowest BCUT2D eigenvalue weighted by Gasteiger charge is -2.24. The summed E-state index contributed by atoms with van der Waals surface area (Å²) in [6, 6.07) is 12.0. The highest BCUT2D eigenvalue weighted by atomic mass is 16.6. The van der Waals surface area contributed by atoms with Gasteiger partial charge < -0.3 is 15.4 Å². The second-order valence-corrected chi connectivity index (χ2v) is 7.77. The molecule has 0 aliphatic carbocycles. The average molecular weight is 495 g/mol. The van der Waals surface area contributed by atoms with Crippen molar-refractivity contribution >= 4 is 29.1 Å². The maximum atomic E-state index is 13.6. The first-order chi connectivity index (χ1) is 17.2. The average Bonchev–Trinajstić information content (AvgIpc) is 2.86. The molecule has 3 N–H and O–H groups in total. The molecular formula is C24H25N5O7. The van der Waals surface area contributed by atoms with Crippen LogP contribution >= 0.6 is 0 Å². The van der Waals surface area contributed by atoms with Gasteiger partial charge in [-0.05, 0) is 25.0 Å². The fraction of sp³-hybridized carbons (Fsp3) is 0.250. The fourth-order valence-electron chi connectivity index (χ4n) is 3.63.